The maximum atomic E-state index is 14.9. The number of halogens is 1. The fraction of sp³-hybridized carbons (Fsp3) is 0.688. The smallest absolute Gasteiger partial charge is 0.463 e. The molecule has 0 bridgehead atoms. The summed E-state index contributed by atoms with van der Waals surface area (Å²) in [5.74, 6) is -2.09. The van der Waals surface area contributed by atoms with Crippen LogP contribution in [0.15, 0.2) is 4.99 Å². The molecule has 0 radical (unpaired) electrons. The number of urea groups is 1. The molecule has 0 aromatic heterocycles. The Labute approximate surface area is 150 Å². The van der Waals surface area contributed by atoms with Crippen molar-refractivity contribution in [3.05, 3.63) is 0 Å². The number of nitrogens with two attached hydrogens (primary N) is 1. The van der Waals surface area contributed by atoms with Gasteiger partial charge in [-0.05, 0) is 0 Å². The minimum atomic E-state index is -1.86. The number of ether oxygens (including phenoxy) is 3. The van der Waals surface area contributed by atoms with E-state index in [1.807, 2.05) is 0 Å². The summed E-state index contributed by atoms with van der Waals surface area (Å²) in [6.45, 7) is 6.17. The van der Waals surface area contributed by atoms with E-state index in [4.69, 9.17) is 19.9 Å². The van der Waals surface area contributed by atoms with Gasteiger partial charge in [0.2, 0.25) is 12.4 Å². The maximum absolute atomic E-state index is 14.9. The molecule has 9 nitrogen and oxygen atoms in total. The second-order valence-electron chi connectivity index (χ2n) is 6.71. The topological polar surface area (TPSA) is 120 Å². The van der Waals surface area contributed by atoms with Crippen molar-refractivity contribution < 1.29 is 37.6 Å². The summed E-state index contributed by atoms with van der Waals surface area (Å²) in [4.78, 5) is 38.8. The van der Waals surface area contributed by atoms with Crippen LogP contribution in [0, 0.1) is 11.8 Å². The lowest BCUT2D eigenvalue weighted by Crippen LogP contribution is -2.40. The van der Waals surface area contributed by atoms with Crippen molar-refractivity contribution in [1.29, 1.82) is 0 Å². The predicted molar refractivity (Wildman–Crippen MR) is 87.4 cm³/mol. The molecule has 0 aromatic carbocycles. The number of hydrogen-bond donors (Lipinski definition) is 1. The van der Waals surface area contributed by atoms with Gasteiger partial charge in [-0.1, -0.05) is 27.7 Å². The Hall–Kier alpha value is -2.36. The SMILES string of the molecule is CC(C)C(=O)OCC1OC([N+]2=CC(N)=NC2=O)C(F)C1OC(=O)C(C)C. The zero-order chi connectivity index (χ0) is 19.6. The maximum Gasteiger partial charge on any atom is 0.544 e. The first-order valence-electron chi connectivity index (χ1n) is 8.29. The van der Waals surface area contributed by atoms with E-state index in [1.54, 1.807) is 27.7 Å². The third-order valence-electron chi connectivity index (χ3n) is 3.84. The zero-order valence-electron chi connectivity index (χ0n) is 15.0. The molecule has 2 rings (SSSR count). The third kappa shape index (κ3) is 4.24. The van der Waals surface area contributed by atoms with Crippen molar-refractivity contribution in [2.45, 2.75) is 52.3 Å². The van der Waals surface area contributed by atoms with Gasteiger partial charge in [0.25, 0.3) is 5.84 Å². The normalized spacial score (nSPS) is 28.3. The monoisotopic (exact) mass is 372 g/mol. The van der Waals surface area contributed by atoms with Crippen LogP contribution in [-0.4, -0.2) is 65.8 Å². The number of amides is 2. The molecule has 2 heterocycles. The van der Waals surface area contributed by atoms with E-state index in [2.05, 4.69) is 4.99 Å². The van der Waals surface area contributed by atoms with Gasteiger partial charge in [-0.25, -0.2) is 4.39 Å². The minimum absolute atomic E-state index is 0.0868. The fourth-order valence-electron chi connectivity index (χ4n) is 2.37. The summed E-state index contributed by atoms with van der Waals surface area (Å²) in [7, 11) is 0. The van der Waals surface area contributed by atoms with Crippen molar-refractivity contribution in [2.24, 2.45) is 22.6 Å². The lowest BCUT2D eigenvalue weighted by molar-refractivity contribution is -0.526. The molecule has 10 heteroatoms. The molecule has 0 spiro atoms. The van der Waals surface area contributed by atoms with Crippen molar-refractivity contribution >= 4 is 30.0 Å². The molecule has 4 atom stereocenters. The van der Waals surface area contributed by atoms with Crippen molar-refractivity contribution in [2.75, 3.05) is 6.61 Å². The lowest BCUT2D eigenvalue weighted by Gasteiger charge is -2.20. The predicted octanol–water partition coefficient (Wildman–Crippen LogP) is 0.391. The summed E-state index contributed by atoms with van der Waals surface area (Å²) in [5, 5.41) is 0. The van der Waals surface area contributed by atoms with Gasteiger partial charge in [0.1, 0.15) is 12.7 Å². The van der Waals surface area contributed by atoms with Crippen LogP contribution < -0.4 is 5.73 Å². The first kappa shape index (κ1) is 20.0. The Morgan fingerprint density at radius 2 is 1.92 bits per heavy atom. The molecule has 2 aliphatic rings. The largest absolute Gasteiger partial charge is 0.544 e. The van der Waals surface area contributed by atoms with Crippen LogP contribution in [0.3, 0.4) is 0 Å². The number of carbonyl (C=O) groups is 3. The van der Waals surface area contributed by atoms with E-state index < -0.39 is 48.5 Å². The third-order valence-corrected chi connectivity index (χ3v) is 3.84. The highest BCUT2D eigenvalue weighted by atomic mass is 19.1. The Morgan fingerprint density at radius 3 is 2.42 bits per heavy atom. The van der Waals surface area contributed by atoms with Gasteiger partial charge in [-0.15, -0.1) is 0 Å². The van der Waals surface area contributed by atoms with E-state index in [0.717, 1.165) is 10.8 Å². The van der Waals surface area contributed by atoms with Crippen molar-refractivity contribution in [3.8, 4) is 0 Å². The lowest BCUT2D eigenvalue weighted by atomic mass is 10.1. The van der Waals surface area contributed by atoms with E-state index >= 15 is 0 Å². The molecular weight excluding hydrogens is 349 g/mol. The molecule has 0 saturated carbocycles. The van der Waals surface area contributed by atoms with Gasteiger partial charge in [0.05, 0.1) is 11.8 Å². The molecule has 2 amide bonds. The highest BCUT2D eigenvalue weighted by molar-refractivity contribution is 6.31. The summed E-state index contributed by atoms with van der Waals surface area (Å²) in [6.07, 6.45) is -4.51. The number of aliphatic imine (C=N–C) groups is 1. The second kappa shape index (κ2) is 7.90. The van der Waals surface area contributed by atoms with Crippen LogP contribution in [0.25, 0.3) is 0 Å². The number of alkyl halides is 1. The number of amidine groups is 1. The van der Waals surface area contributed by atoms with Crippen LogP contribution in [0.4, 0.5) is 9.18 Å². The first-order valence-corrected chi connectivity index (χ1v) is 8.29. The van der Waals surface area contributed by atoms with Crippen LogP contribution in [0.1, 0.15) is 27.7 Å². The van der Waals surface area contributed by atoms with Crippen LogP contribution in [0.5, 0.6) is 0 Å². The summed E-state index contributed by atoms with van der Waals surface area (Å²) in [5.41, 5.74) is 5.45. The molecular formula is C16H23FN3O6+. The fourth-order valence-corrected chi connectivity index (χ4v) is 2.37. The van der Waals surface area contributed by atoms with E-state index in [0.29, 0.717) is 0 Å². The average molecular weight is 372 g/mol. The quantitative estimate of drug-likeness (QED) is 0.529. The number of nitrogens with zero attached hydrogens (tertiary/aromatic N) is 2. The van der Waals surface area contributed by atoms with Gasteiger partial charge in [0, 0.05) is 4.99 Å². The molecule has 1 saturated heterocycles. The summed E-state index contributed by atoms with van der Waals surface area (Å²) >= 11 is 0. The molecule has 4 unspecified atom stereocenters. The summed E-state index contributed by atoms with van der Waals surface area (Å²) in [6, 6.07) is -0.788. The van der Waals surface area contributed by atoms with Gasteiger partial charge >= 0.3 is 18.0 Å². The Kier molecular flexibility index (Phi) is 6.06. The Balaban J connectivity index is 2.17. The zero-order valence-corrected chi connectivity index (χ0v) is 15.0. The standard InChI is InChI=1S/C16H22FN3O6/c1-7(2)14(21)24-6-9-12(26-15(22)8(3)4)11(17)13(25-9)20-5-10(18)19-16(20)23/h5,7-9,11-13H,6H2,1-4H3,(H-,18,19,23)/p+1. The second-order valence-corrected chi connectivity index (χ2v) is 6.71. The van der Waals surface area contributed by atoms with E-state index in [9.17, 15) is 18.8 Å². The molecule has 26 heavy (non-hydrogen) atoms. The number of hydrogen-bond acceptors (Lipinski definition) is 7. The average Bonchev–Trinajstić information content (AvgIpc) is 3.04. The molecule has 0 aliphatic carbocycles. The molecule has 2 N–H and O–H groups in total. The highest BCUT2D eigenvalue weighted by Gasteiger charge is 2.54. The van der Waals surface area contributed by atoms with E-state index in [-0.39, 0.29) is 18.4 Å². The molecule has 1 fully saturated rings. The van der Waals surface area contributed by atoms with Gasteiger partial charge < -0.3 is 19.9 Å². The minimum Gasteiger partial charge on any atom is -0.463 e. The molecule has 0 aromatic rings. The molecule has 144 valence electrons. The first-order chi connectivity index (χ1) is 12.1. The summed E-state index contributed by atoms with van der Waals surface area (Å²) < 4.78 is 31.6. The van der Waals surface area contributed by atoms with Crippen molar-refractivity contribution in [3.63, 3.8) is 0 Å². The van der Waals surface area contributed by atoms with Crippen LogP contribution in [-0.2, 0) is 23.8 Å². The van der Waals surface area contributed by atoms with Gasteiger partial charge in [-0.2, -0.15) is 9.37 Å². The van der Waals surface area contributed by atoms with E-state index in [1.165, 1.54) is 0 Å². The number of rotatable bonds is 6. The van der Waals surface area contributed by atoms with Crippen molar-refractivity contribution in [1.82, 2.24) is 0 Å². The Morgan fingerprint density at radius 1 is 1.31 bits per heavy atom. The van der Waals surface area contributed by atoms with Gasteiger partial charge in [0.15, 0.2) is 12.3 Å². The number of carbonyl (C=O) groups excluding carboxylic acids is 3. The van der Waals surface area contributed by atoms with Crippen LogP contribution >= 0.6 is 0 Å². The van der Waals surface area contributed by atoms with Crippen LogP contribution in [0.2, 0.25) is 0 Å². The number of esters is 2. The Bertz CT molecular complexity index is 660. The van der Waals surface area contributed by atoms with Gasteiger partial charge in [-0.3, -0.25) is 9.59 Å². The molecule has 2 aliphatic heterocycles. The highest BCUT2D eigenvalue weighted by Crippen LogP contribution is 2.29.